The fourth-order valence-corrected chi connectivity index (χ4v) is 1.84. The van der Waals surface area contributed by atoms with Crippen LogP contribution in [0, 0.1) is 12.7 Å². The fraction of sp³-hybridized carbons (Fsp3) is 0.286. The van der Waals surface area contributed by atoms with E-state index in [2.05, 4.69) is 9.97 Å². The molecule has 100 valence electrons. The number of benzene rings is 1. The number of halogens is 2. The molecular weight excluding hydrogens is 267 g/mol. The van der Waals surface area contributed by atoms with E-state index < -0.39 is 5.82 Å². The van der Waals surface area contributed by atoms with E-state index in [0.717, 1.165) is 17.3 Å². The van der Waals surface area contributed by atoms with Gasteiger partial charge in [0, 0.05) is 0 Å². The maximum absolute atomic E-state index is 13.6. The zero-order chi connectivity index (χ0) is 14.0. The first-order valence-electron chi connectivity index (χ1n) is 5.94. The van der Waals surface area contributed by atoms with Gasteiger partial charge in [-0.05, 0) is 41.6 Å². The lowest BCUT2D eigenvalue weighted by Gasteiger charge is -2.14. The molecule has 0 N–H and O–H groups in total. The summed E-state index contributed by atoms with van der Waals surface area (Å²) in [6.45, 7) is 6.03. The second-order valence-electron chi connectivity index (χ2n) is 4.59. The van der Waals surface area contributed by atoms with E-state index in [9.17, 15) is 4.39 Å². The Bertz CT molecular complexity index is 602. The Labute approximate surface area is 116 Å². The summed E-state index contributed by atoms with van der Waals surface area (Å²) in [5.41, 5.74) is 2.01. The average molecular weight is 281 g/mol. The number of aromatic nitrogens is 2. The molecule has 0 atom stereocenters. The van der Waals surface area contributed by atoms with Crippen LogP contribution in [0.4, 0.5) is 4.39 Å². The van der Waals surface area contributed by atoms with E-state index in [-0.39, 0.29) is 17.1 Å². The topological polar surface area (TPSA) is 35.0 Å². The molecule has 0 aliphatic rings. The third kappa shape index (κ3) is 3.20. The van der Waals surface area contributed by atoms with E-state index in [0.29, 0.717) is 5.75 Å². The summed E-state index contributed by atoms with van der Waals surface area (Å²) in [4.78, 5) is 7.31. The molecule has 0 aliphatic carbocycles. The van der Waals surface area contributed by atoms with Gasteiger partial charge in [0.2, 0.25) is 11.1 Å². The van der Waals surface area contributed by atoms with Crippen molar-refractivity contribution in [3.63, 3.8) is 0 Å². The molecule has 0 spiro atoms. The maximum atomic E-state index is 13.6. The van der Waals surface area contributed by atoms with Crippen LogP contribution < -0.4 is 4.74 Å². The summed E-state index contributed by atoms with van der Waals surface area (Å²) >= 11 is 5.65. The predicted octanol–water partition coefficient (Wildman–Crippen LogP) is 4.49. The van der Waals surface area contributed by atoms with Crippen LogP contribution in [0.25, 0.3) is 0 Å². The van der Waals surface area contributed by atoms with Gasteiger partial charge in [0.05, 0.1) is 6.20 Å². The second kappa shape index (κ2) is 5.53. The quantitative estimate of drug-likeness (QED) is 0.777. The molecule has 0 fully saturated rings. The molecule has 2 rings (SSSR count). The summed E-state index contributed by atoms with van der Waals surface area (Å²) in [5, 5.41) is -0.0462. The zero-order valence-corrected chi connectivity index (χ0v) is 11.7. The third-order valence-electron chi connectivity index (χ3n) is 2.68. The highest BCUT2D eigenvalue weighted by molar-refractivity contribution is 6.28. The van der Waals surface area contributed by atoms with Crippen LogP contribution in [0.1, 0.15) is 30.9 Å². The fourth-order valence-electron chi connectivity index (χ4n) is 1.71. The first-order valence-corrected chi connectivity index (χ1v) is 6.31. The van der Waals surface area contributed by atoms with Gasteiger partial charge in [0.25, 0.3) is 5.88 Å². The molecule has 19 heavy (non-hydrogen) atoms. The molecule has 5 heteroatoms. The SMILES string of the molecule is Cc1ccc(C(C)C)c(Oc2nc(Cl)ncc2F)c1. The van der Waals surface area contributed by atoms with Crippen LogP contribution >= 0.6 is 11.6 Å². The first-order chi connectivity index (χ1) is 8.97. The van der Waals surface area contributed by atoms with Gasteiger partial charge in [-0.1, -0.05) is 26.0 Å². The predicted molar refractivity (Wildman–Crippen MR) is 72.3 cm³/mol. The molecule has 0 aliphatic heterocycles. The van der Waals surface area contributed by atoms with E-state index >= 15 is 0 Å². The lowest BCUT2D eigenvalue weighted by atomic mass is 10.0. The zero-order valence-electron chi connectivity index (χ0n) is 10.9. The Balaban J connectivity index is 2.42. The van der Waals surface area contributed by atoms with E-state index in [1.165, 1.54) is 0 Å². The van der Waals surface area contributed by atoms with Crippen LogP contribution in [-0.4, -0.2) is 9.97 Å². The Morgan fingerprint density at radius 2 is 2.05 bits per heavy atom. The third-order valence-corrected chi connectivity index (χ3v) is 2.86. The van der Waals surface area contributed by atoms with Gasteiger partial charge in [-0.25, -0.2) is 4.98 Å². The number of hydrogen-bond acceptors (Lipinski definition) is 3. The lowest BCUT2D eigenvalue weighted by Crippen LogP contribution is -1.99. The smallest absolute Gasteiger partial charge is 0.260 e. The van der Waals surface area contributed by atoms with Gasteiger partial charge >= 0.3 is 0 Å². The maximum Gasteiger partial charge on any atom is 0.260 e. The van der Waals surface area contributed by atoms with Crippen molar-refractivity contribution in [2.24, 2.45) is 0 Å². The summed E-state index contributed by atoms with van der Waals surface area (Å²) in [6.07, 6.45) is 0.996. The number of rotatable bonds is 3. The number of ether oxygens (including phenoxy) is 1. The molecular formula is C14H14ClFN2O. The van der Waals surface area contributed by atoms with Crippen molar-refractivity contribution in [3.05, 3.63) is 46.6 Å². The lowest BCUT2D eigenvalue weighted by molar-refractivity contribution is 0.414. The molecule has 1 heterocycles. The first kappa shape index (κ1) is 13.7. The largest absolute Gasteiger partial charge is 0.436 e. The van der Waals surface area contributed by atoms with Crippen LogP contribution in [-0.2, 0) is 0 Å². The van der Waals surface area contributed by atoms with E-state index in [4.69, 9.17) is 16.3 Å². The average Bonchev–Trinajstić information content (AvgIpc) is 2.33. The molecule has 0 radical (unpaired) electrons. The minimum absolute atomic E-state index is 0.0462. The molecule has 2 aromatic rings. The van der Waals surface area contributed by atoms with Crippen molar-refractivity contribution in [2.45, 2.75) is 26.7 Å². The van der Waals surface area contributed by atoms with Crippen LogP contribution in [0.3, 0.4) is 0 Å². The minimum atomic E-state index is -0.638. The Morgan fingerprint density at radius 3 is 2.74 bits per heavy atom. The highest BCUT2D eigenvalue weighted by Gasteiger charge is 2.13. The Kier molecular flexibility index (Phi) is 4.00. The van der Waals surface area contributed by atoms with Gasteiger partial charge < -0.3 is 4.74 Å². The summed E-state index contributed by atoms with van der Waals surface area (Å²) in [7, 11) is 0. The highest BCUT2D eigenvalue weighted by atomic mass is 35.5. The van der Waals surface area contributed by atoms with Crippen molar-refractivity contribution in [1.29, 1.82) is 0 Å². The van der Waals surface area contributed by atoms with Crippen LogP contribution in [0.15, 0.2) is 24.4 Å². The molecule has 3 nitrogen and oxygen atoms in total. The van der Waals surface area contributed by atoms with Crippen molar-refractivity contribution in [2.75, 3.05) is 0 Å². The summed E-state index contributed by atoms with van der Waals surface area (Å²) in [6, 6.07) is 5.81. The summed E-state index contributed by atoms with van der Waals surface area (Å²) in [5.74, 6) is 0.0488. The number of hydrogen-bond donors (Lipinski definition) is 0. The normalized spacial score (nSPS) is 10.8. The number of nitrogens with zero attached hydrogens (tertiary/aromatic N) is 2. The van der Waals surface area contributed by atoms with Crippen molar-refractivity contribution >= 4 is 11.6 Å². The van der Waals surface area contributed by atoms with Crippen LogP contribution in [0.2, 0.25) is 5.28 Å². The van der Waals surface area contributed by atoms with Crippen LogP contribution in [0.5, 0.6) is 11.6 Å². The molecule has 1 aromatic heterocycles. The number of aryl methyl sites for hydroxylation is 1. The van der Waals surface area contributed by atoms with Gasteiger partial charge in [-0.3, -0.25) is 0 Å². The van der Waals surface area contributed by atoms with E-state index in [1.807, 2.05) is 39.0 Å². The standard InChI is InChI=1S/C14H14ClFN2O/c1-8(2)10-5-4-9(3)6-12(10)19-13-11(16)7-17-14(15)18-13/h4-8H,1-3H3. The highest BCUT2D eigenvalue weighted by Crippen LogP contribution is 2.31. The van der Waals surface area contributed by atoms with Gasteiger partial charge in [-0.2, -0.15) is 9.37 Å². The Morgan fingerprint density at radius 1 is 1.32 bits per heavy atom. The molecule has 0 amide bonds. The van der Waals surface area contributed by atoms with Crippen molar-refractivity contribution in [3.8, 4) is 11.6 Å². The van der Waals surface area contributed by atoms with Gasteiger partial charge in [0.1, 0.15) is 5.75 Å². The molecule has 0 saturated carbocycles. The molecule has 1 aromatic carbocycles. The van der Waals surface area contributed by atoms with E-state index in [1.54, 1.807) is 0 Å². The second-order valence-corrected chi connectivity index (χ2v) is 4.93. The molecule has 0 bridgehead atoms. The van der Waals surface area contributed by atoms with Crippen molar-refractivity contribution < 1.29 is 9.13 Å². The minimum Gasteiger partial charge on any atom is -0.436 e. The van der Waals surface area contributed by atoms with Gasteiger partial charge in [-0.15, -0.1) is 0 Å². The summed E-state index contributed by atoms with van der Waals surface area (Å²) < 4.78 is 19.1. The van der Waals surface area contributed by atoms with Crippen molar-refractivity contribution in [1.82, 2.24) is 9.97 Å². The monoisotopic (exact) mass is 280 g/mol. The Hall–Kier alpha value is -1.68. The molecule has 0 unspecified atom stereocenters. The van der Waals surface area contributed by atoms with Gasteiger partial charge in [0.15, 0.2) is 0 Å². The molecule has 0 saturated heterocycles.